The minimum Gasteiger partial charge on any atom is -0.452 e. The molecule has 6 nitrogen and oxygen atoms in total. The Morgan fingerprint density at radius 3 is 2.85 bits per heavy atom. The first-order valence-electron chi connectivity index (χ1n) is 7.90. The fourth-order valence-electron chi connectivity index (χ4n) is 2.50. The third-order valence-corrected chi connectivity index (χ3v) is 4.47. The standard InChI is InChI=1S/C19H11BrClN3O3/c20-14-3-1-2-12(9-14)18-23-17(27-24-18)10-26-19(25)13-4-6-15-11(8-13)5-7-16(21)22-15/h1-9H,10H2. The highest BCUT2D eigenvalue weighted by Gasteiger charge is 2.13. The van der Waals surface area contributed by atoms with Gasteiger partial charge < -0.3 is 9.26 Å². The van der Waals surface area contributed by atoms with E-state index in [9.17, 15) is 4.79 Å². The molecule has 0 saturated heterocycles. The van der Waals surface area contributed by atoms with Crippen LogP contribution in [0.5, 0.6) is 0 Å². The molecular formula is C19H11BrClN3O3. The van der Waals surface area contributed by atoms with Crippen LogP contribution in [-0.4, -0.2) is 21.1 Å². The molecule has 0 amide bonds. The highest BCUT2D eigenvalue weighted by Crippen LogP contribution is 2.21. The van der Waals surface area contributed by atoms with Crippen LogP contribution in [0, 0.1) is 0 Å². The maximum absolute atomic E-state index is 12.3. The van der Waals surface area contributed by atoms with Gasteiger partial charge in [0.05, 0.1) is 11.1 Å². The molecule has 4 aromatic rings. The minimum absolute atomic E-state index is 0.114. The Kier molecular flexibility index (Phi) is 4.87. The monoisotopic (exact) mass is 443 g/mol. The first kappa shape index (κ1) is 17.6. The second-order valence-corrected chi connectivity index (χ2v) is 6.94. The van der Waals surface area contributed by atoms with Gasteiger partial charge in [0.15, 0.2) is 6.61 Å². The first-order chi connectivity index (χ1) is 13.1. The molecule has 0 spiro atoms. The number of carbonyl (C=O) groups is 1. The van der Waals surface area contributed by atoms with Gasteiger partial charge in [0.1, 0.15) is 5.15 Å². The van der Waals surface area contributed by atoms with Gasteiger partial charge >= 0.3 is 5.97 Å². The molecule has 8 heteroatoms. The largest absolute Gasteiger partial charge is 0.452 e. The van der Waals surface area contributed by atoms with Gasteiger partial charge in [-0.25, -0.2) is 9.78 Å². The molecule has 0 atom stereocenters. The second-order valence-electron chi connectivity index (χ2n) is 5.64. The third-order valence-electron chi connectivity index (χ3n) is 3.77. The number of fused-ring (bicyclic) bond motifs is 1. The molecule has 4 rings (SSSR count). The Labute approximate surface area is 167 Å². The number of carbonyl (C=O) groups excluding carboxylic acids is 1. The number of pyridine rings is 1. The van der Waals surface area contributed by atoms with E-state index in [1.807, 2.05) is 24.3 Å². The molecule has 0 fully saturated rings. The van der Waals surface area contributed by atoms with Gasteiger partial charge in [0.2, 0.25) is 5.82 Å². The summed E-state index contributed by atoms with van der Waals surface area (Å²) < 4.78 is 11.3. The van der Waals surface area contributed by atoms with E-state index in [0.717, 1.165) is 15.4 Å². The Morgan fingerprint density at radius 1 is 1.11 bits per heavy atom. The van der Waals surface area contributed by atoms with Crippen molar-refractivity contribution in [3.05, 3.63) is 75.7 Å². The van der Waals surface area contributed by atoms with E-state index in [4.69, 9.17) is 20.9 Å². The molecule has 0 aliphatic heterocycles. The predicted octanol–water partition coefficient (Wildman–Crippen LogP) is 5.06. The van der Waals surface area contributed by atoms with E-state index in [1.54, 1.807) is 30.3 Å². The van der Waals surface area contributed by atoms with E-state index in [1.165, 1.54) is 0 Å². The number of rotatable bonds is 4. The van der Waals surface area contributed by atoms with Gasteiger partial charge in [-0.3, -0.25) is 0 Å². The van der Waals surface area contributed by atoms with Crippen LogP contribution >= 0.6 is 27.5 Å². The Balaban J connectivity index is 1.46. The van der Waals surface area contributed by atoms with Crippen molar-refractivity contribution in [1.29, 1.82) is 0 Å². The normalized spacial score (nSPS) is 10.9. The number of halogens is 2. The topological polar surface area (TPSA) is 78.1 Å². The van der Waals surface area contributed by atoms with Crippen LogP contribution in [0.1, 0.15) is 16.2 Å². The van der Waals surface area contributed by atoms with Crippen LogP contribution in [0.4, 0.5) is 0 Å². The van der Waals surface area contributed by atoms with Crippen molar-refractivity contribution < 1.29 is 14.1 Å². The summed E-state index contributed by atoms with van der Waals surface area (Å²) in [5.74, 6) is 0.151. The van der Waals surface area contributed by atoms with Gasteiger partial charge in [-0.2, -0.15) is 4.98 Å². The Hall–Kier alpha value is -2.77. The van der Waals surface area contributed by atoms with Gasteiger partial charge in [0, 0.05) is 15.4 Å². The summed E-state index contributed by atoms with van der Waals surface area (Å²) in [6, 6.07) is 16.0. The lowest BCUT2D eigenvalue weighted by Gasteiger charge is -2.04. The molecule has 134 valence electrons. The first-order valence-corrected chi connectivity index (χ1v) is 9.07. The van der Waals surface area contributed by atoms with Gasteiger partial charge in [0.25, 0.3) is 5.89 Å². The highest BCUT2D eigenvalue weighted by atomic mass is 79.9. The molecular weight excluding hydrogens is 434 g/mol. The summed E-state index contributed by atoms with van der Waals surface area (Å²) in [4.78, 5) is 20.7. The quantitative estimate of drug-likeness (QED) is 0.323. The van der Waals surface area contributed by atoms with Crippen molar-refractivity contribution in [2.45, 2.75) is 6.61 Å². The van der Waals surface area contributed by atoms with Crippen molar-refractivity contribution in [3.8, 4) is 11.4 Å². The van der Waals surface area contributed by atoms with Crippen LogP contribution in [0.25, 0.3) is 22.3 Å². The van der Waals surface area contributed by atoms with Crippen LogP contribution in [0.3, 0.4) is 0 Å². The van der Waals surface area contributed by atoms with E-state index >= 15 is 0 Å². The molecule has 0 saturated carbocycles. The zero-order valence-electron chi connectivity index (χ0n) is 13.7. The Morgan fingerprint density at radius 2 is 2.00 bits per heavy atom. The van der Waals surface area contributed by atoms with Crippen molar-refractivity contribution in [2.75, 3.05) is 0 Å². The van der Waals surface area contributed by atoms with E-state index in [-0.39, 0.29) is 12.5 Å². The maximum atomic E-state index is 12.3. The summed E-state index contributed by atoms with van der Waals surface area (Å²) in [7, 11) is 0. The molecule has 0 aliphatic rings. The van der Waals surface area contributed by atoms with E-state index < -0.39 is 5.97 Å². The van der Waals surface area contributed by atoms with Crippen LogP contribution in [-0.2, 0) is 11.3 Å². The molecule has 0 bridgehead atoms. The molecule has 0 N–H and O–H groups in total. The highest BCUT2D eigenvalue weighted by molar-refractivity contribution is 9.10. The lowest BCUT2D eigenvalue weighted by molar-refractivity contribution is 0.0430. The number of nitrogens with zero attached hydrogens (tertiary/aromatic N) is 3. The second kappa shape index (κ2) is 7.46. The zero-order valence-corrected chi connectivity index (χ0v) is 16.1. The average Bonchev–Trinajstić information content (AvgIpc) is 3.15. The smallest absolute Gasteiger partial charge is 0.338 e. The SMILES string of the molecule is O=C(OCc1nc(-c2cccc(Br)c2)no1)c1ccc2nc(Cl)ccc2c1. The number of ether oxygens (including phenoxy) is 1. The molecule has 0 aliphatic carbocycles. The van der Waals surface area contributed by atoms with E-state index in [2.05, 4.69) is 31.1 Å². The lowest BCUT2D eigenvalue weighted by Crippen LogP contribution is -2.05. The maximum Gasteiger partial charge on any atom is 0.338 e. The van der Waals surface area contributed by atoms with Crippen LogP contribution in [0.15, 0.2) is 63.6 Å². The predicted molar refractivity (Wildman–Crippen MR) is 103 cm³/mol. The fraction of sp³-hybridized carbons (Fsp3) is 0.0526. The van der Waals surface area contributed by atoms with Crippen LogP contribution in [0.2, 0.25) is 5.15 Å². The molecule has 2 heterocycles. The van der Waals surface area contributed by atoms with Gasteiger partial charge in [-0.05, 0) is 42.5 Å². The lowest BCUT2D eigenvalue weighted by atomic mass is 10.1. The Bertz CT molecular complexity index is 1150. The minimum atomic E-state index is -0.492. The van der Waals surface area contributed by atoms with Crippen molar-refractivity contribution >= 4 is 44.4 Å². The van der Waals surface area contributed by atoms with Crippen LogP contribution < -0.4 is 0 Å². The number of aromatic nitrogens is 3. The number of esters is 1. The summed E-state index contributed by atoms with van der Waals surface area (Å²) >= 11 is 9.26. The summed E-state index contributed by atoms with van der Waals surface area (Å²) in [6.45, 7) is -0.114. The average molecular weight is 445 g/mol. The fourth-order valence-corrected chi connectivity index (χ4v) is 3.05. The molecule has 0 radical (unpaired) electrons. The third kappa shape index (κ3) is 3.99. The molecule has 2 aromatic heterocycles. The zero-order chi connectivity index (χ0) is 18.8. The molecule has 0 unspecified atom stereocenters. The van der Waals surface area contributed by atoms with Gasteiger partial charge in [-0.15, -0.1) is 0 Å². The number of hydrogen-bond acceptors (Lipinski definition) is 6. The summed E-state index contributed by atoms with van der Waals surface area (Å²) in [5.41, 5.74) is 1.90. The number of hydrogen-bond donors (Lipinski definition) is 0. The van der Waals surface area contributed by atoms with Crippen molar-refractivity contribution in [1.82, 2.24) is 15.1 Å². The van der Waals surface area contributed by atoms with Crippen molar-refractivity contribution in [2.24, 2.45) is 0 Å². The van der Waals surface area contributed by atoms with E-state index in [0.29, 0.717) is 22.1 Å². The molecule has 2 aromatic carbocycles. The number of benzene rings is 2. The molecule has 27 heavy (non-hydrogen) atoms. The van der Waals surface area contributed by atoms with Gasteiger partial charge in [-0.1, -0.05) is 44.8 Å². The summed E-state index contributed by atoms with van der Waals surface area (Å²) in [5, 5.41) is 5.10. The summed E-state index contributed by atoms with van der Waals surface area (Å²) in [6.07, 6.45) is 0. The van der Waals surface area contributed by atoms with Crippen molar-refractivity contribution in [3.63, 3.8) is 0 Å².